The van der Waals surface area contributed by atoms with Crippen LogP contribution >= 0.6 is 0 Å². The zero-order chi connectivity index (χ0) is 27.6. The Morgan fingerprint density at radius 2 is 0.973 bits per heavy atom. The summed E-state index contributed by atoms with van der Waals surface area (Å²) >= 11 is 0. The molecule has 0 saturated carbocycles. The zero-order valence-electron chi connectivity index (χ0n) is 26.0. The van der Waals surface area contributed by atoms with E-state index in [4.69, 9.17) is 0 Å². The molecule has 0 aliphatic rings. The molecule has 0 aromatic carbocycles. The van der Waals surface area contributed by atoms with E-state index in [-0.39, 0.29) is 0 Å². The van der Waals surface area contributed by atoms with E-state index in [1.54, 1.807) is 6.92 Å². The van der Waals surface area contributed by atoms with Crippen molar-refractivity contribution in [2.24, 2.45) is 0 Å². The number of carbonyl (C=O) groups is 2. The van der Waals surface area contributed by atoms with Gasteiger partial charge in [-0.2, -0.15) is 0 Å². The van der Waals surface area contributed by atoms with Gasteiger partial charge in [-0.3, -0.25) is 4.79 Å². The molecule has 220 valence electrons. The van der Waals surface area contributed by atoms with Gasteiger partial charge in [0.1, 0.15) is 5.78 Å². The minimum Gasteiger partial charge on any atom is -0.340 e. The first kappa shape index (κ1) is 36.1. The Balaban J connectivity index is 4.86. The van der Waals surface area contributed by atoms with E-state index >= 15 is 0 Å². The quantitative estimate of drug-likeness (QED) is 0.0961. The maximum absolute atomic E-state index is 13.5. The molecule has 0 heterocycles. The number of carbonyl (C=O) groups excluding carboxylic acids is 2. The molecule has 0 saturated heterocycles. The summed E-state index contributed by atoms with van der Waals surface area (Å²) < 4.78 is 0. The Kier molecular flexibility index (Phi) is 26.0. The molecule has 0 bridgehead atoms. The third kappa shape index (κ3) is 23.9. The largest absolute Gasteiger partial charge is 0.340 e. The van der Waals surface area contributed by atoms with Gasteiger partial charge in [0.05, 0.1) is 0 Å². The van der Waals surface area contributed by atoms with Gasteiger partial charge in [0, 0.05) is 25.4 Å². The molecule has 4 nitrogen and oxygen atoms in total. The van der Waals surface area contributed by atoms with Crippen LogP contribution < -0.4 is 0 Å². The highest BCUT2D eigenvalue weighted by Gasteiger charge is 2.22. The van der Waals surface area contributed by atoms with E-state index in [1.807, 2.05) is 0 Å². The standard InChI is InChI=1S/C33H66N2O2/c1-6-8-10-12-17-21-26-32(27-22-18-15-14-16-20-25-31(3)36)35(30-24-29-34(4)5)33(37)28-23-19-13-11-9-7-2/h32H,6-30H2,1-5H3. The normalized spacial score (nSPS) is 12.3. The molecule has 1 amide bonds. The summed E-state index contributed by atoms with van der Waals surface area (Å²) in [7, 11) is 4.26. The van der Waals surface area contributed by atoms with Crippen LogP contribution in [0.2, 0.25) is 0 Å². The van der Waals surface area contributed by atoms with Crippen LogP contribution in [0.25, 0.3) is 0 Å². The van der Waals surface area contributed by atoms with Crippen molar-refractivity contribution in [3.8, 4) is 0 Å². The summed E-state index contributed by atoms with van der Waals surface area (Å²) in [5.41, 5.74) is 0. The SMILES string of the molecule is CCCCCCCCC(=O)N(CCCN(C)C)C(CCCCCCCC)CCCCCCCCC(C)=O. The molecule has 0 N–H and O–H groups in total. The average Bonchev–Trinajstić information content (AvgIpc) is 2.86. The Morgan fingerprint density at radius 1 is 0.541 bits per heavy atom. The fraction of sp³-hybridized carbons (Fsp3) is 0.939. The van der Waals surface area contributed by atoms with Gasteiger partial charge in [-0.15, -0.1) is 0 Å². The van der Waals surface area contributed by atoms with E-state index in [2.05, 4.69) is 37.7 Å². The van der Waals surface area contributed by atoms with Crippen LogP contribution in [0.4, 0.5) is 0 Å². The van der Waals surface area contributed by atoms with Crippen molar-refractivity contribution in [2.45, 2.75) is 174 Å². The van der Waals surface area contributed by atoms with Gasteiger partial charge < -0.3 is 14.6 Å². The molecule has 0 fully saturated rings. The van der Waals surface area contributed by atoms with E-state index in [1.165, 1.54) is 109 Å². The van der Waals surface area contributed by atoms with Gasteiger partial charge in [0.25, 0.3) is 0 Å². The number of hydrogen-bond donors (Lipinski definition) is 0. The van der Waals surface area contributed by atoms with Crippen molar-refractivity contribution >= 4 is 11.7 Å². The Bertz CT molecular complexity index is 520. The fourth-order valence-electron chi connectivity index (χ4n) is 5.35. The molecule has 0 radical (unpaired) electrons. The van der Waals surface area contributed by atoms with Gasteiger partial charge in [-0.1, -0.05) is 117 Å². The van der Waals surface area contributed by atoms with Crippen molar-refractivity contribution in [1.82, 2.24) is 9.80 Å². The summed E-state index contributed by atoms with van der Waals surface area (Å²) in [4.78, 5) is 29.2. The van der Waals surface area contributed by atoms with Crippen LogP contribution in [0, 0.1) is 0 Å². The predicted octanol–water partition coefficient (Wildman–Crippen LogP) is 9.35. The number of nitrogens with zero attached hydrogens (tertiary/aromatic N) is 2. The molecule has 1 atom stereocenters. The Hall–Kier alpha value is -0.900. The van der Waals surface area contributed by atoms with Gasteiger partial charge in [0.2, 0.25) is 5.91 Å². The van der Waals surface area contributed by atoms with Gasteiger partial charge in [0.15, 0.2) is 0 Å². The highest BCUT2D eigenvalue weighted by molar-refractivity contribution is 5.76. The second-order valence-corrected chi connectivity index (χ2v) is 11.8. The number of amides is 1. The third-order valence-electron chi connectivity index (χ3n) is 7.72. The van der Waals surface area contributed by atoms with Crippen LogP contribution in [0.15, 0.2) is 0 Å². The number of rotatable bonds is 28. The van der Waals surface area contributed by atoms with Crippen LogP contribution in [0.5, 0.6) is 0 Å². The lowest BCUT2D eigenvalue weighted by molar-refractivity contribution is -0.134. The van der Waals surface area contributed by atoms with Crippen molar-refractivity contribution < 1.29 is 9.59 Å². The molecule has 0 aromatic heterocycles. The lowest BCUT2D eigenvalue weighted by Crippen LogP contribution is -2.41. The summed E-state index contributed by atoms with van der Waals surface area (Å²) in [6, 6.07) is 0.415. The Morgan fingerprint density at radius 3 is 1.43 bits per heavy atom. The molecule has 4 heteroatoms. The molecular weight excluding hydrogens is 456 g/mol. The topological polar surface area (TPSA) is 40.6 Å². The van der Waals surface area contributed by atoms with Crippen LogP contribution in [0.1, 0.15) is 168 Å². The smallest absolute Gasteiger partial charge is 0.222 e. The summed E-state index contributed by atoms with van der Waals surface area (Å²) in [6.07, 6.45) is 27.4. The van der Waals surface area contributed by atoms with Gasteiger partial charge >= 0.3 is 0 Å². The first-order valence-electron chi connectivity index (χ1n) is 16.4. The molecule has 0 aromatic rings. The molecular formula is C33H66N2O2. The van der Waals surface area contributed by atoms with Crippen molar-refractivity contribution in [1.29, 1.82) is 0 Å². The van der Waals surface area contributed by atoms with Crippen LogP contribution in [0.3, 0.4) is 0 Å². The van der Waals surface area contributed by atoms with Gasteiger partial charge in [-0.05, 0) is 59.7 Å². The minimum atomic E-state index is 0.317. The predicted molar refractivity (Wildman–Crippen MR) is 162 cm³/mol. The molecule has 0 aliphatic carbocycles. The summed E-state index contributed by atoms with van der Waals surface area (Å²) in [6.45, 7) is 8.19. The lowest BCUT2D eigenvalue weighted by Gasteiger charge is -2.33. The van der Waals surface area contributed by atoms with Crippen molar-refractivity contribution in [3.05, 3.63) is 0 Å². The molecule has 37 heavy (non-hydrogen) atoms. The van der Waals surface area contributed by atoms with E-state index < -0.39 is 0 Å². The van der Waals surface area contributed by atoms with Crippen molar-refractivity contribution in [2.75, 3.05) is 27.2 Å². The first-order chi connectivity index (χ1) is 17.9. The molecule has 0 spiro atoms. The Labute approximate surface area is 232 Å². The highest BCUT2D eigenvalue weighted by atomic mass is 16.2. The third-order valence-corrected chi connectivity index (χ3v) is 7.72. The van der Waals surface area contributed by atoms with Crippen LogP contribution in [-0.4, -0.2) is 54.7 Å². The van der Waals surface area contributed by atoms with Crippen molar-refractivity contribution in [3.63, 3.8) is 0 Å². The molecule has 0 aliphatic heterocycles. The van der Waals surface area contributed by atoms with E-state index in [9.17, 15) is 9.59 Å². The molecule has 0 rings (SSSR count). The minimum absolute atomic E-state index is 0.317. The zero-order valence-corrected chi connectivity index (χ0v) is 26.0. The number of Topliss-reactive ketones (excluding diaryl/α,β-unsaturated/α-hetero) is 1. The first-order valence-corrected chi connectivity index (χ1v) is 16.4. The number of unbranched alkanes of at least 4 members (excludes halogenated alkanes) is 15. The number of ketones is 1. The average molecular weight is 523 g/mol. The summed E-state index contributed by atoms with van der Waals surface area (Å²) in [5.74, 6) is 0.729. The number of hydrogen-bond acceptors (Lipinski definition) is 3. The monoisotopic (exact) mass is 523 g/mol. The maximum Gasteiger partial charge on any atom is 0.222 e. The van der Waals surface area contributed by atoms with Gasteiger partial charge in [-0.25, -0.2) is 0 Å². The maximum atomic E-state index is 13.5. The second kappa shape index (κ2) is 26.7. The van der Waals surface area contributed by atoms with E-state index in [0.717, 1.165) is 51.6 Å². The van der Waals surface area contributed by atoms with E-state index in [0.29, 0.717) is 17.7 Å². The van der Waals surface area contributed by atoms with Crippen LogP contribution in [-0.2, 0) is 9.59 Å². The summed E-state index contributed by atoms with van der Waals surface area (Å²) in [5, 5.41) is 0. The fourth-order valence-corrected chi connectivity index (χ4v) is 5.35. The second-order valence-electron chi connectivity index (χ2n) is 11.8. The lowest BCUT2D eigenvalue weighted by atomic mass is 9.97. The highest BCUT2D eigenvalue weighted by Crippen LogP contribution is 2.21. The molecule has 1 unspecified atom stereocenters.